The molecule has 3 heterocycles. The second-order valence-corrected chi connectivity index (χ2v) is 9.00. The molecule has 0 saturated carbocycles. The van der Waals surface area contributed by atoms with Crippen molar-refractivity contribution in [3.05, 3.63) is 29.8 Å². The Morgan fingerprint density at radius 3 is 2.78 bits per heavy atom. The average molecular weight is 459 g/mol. The van der Waals surface area contributed by atoms with Gasteiger partial charge in [-0.3, -0.25) is 19.1 Å². The van der Waals surface area contributed by atoms with Gasteiger partial charge in [0.2, 0.25) is 5.91 Å². The molecule has 4 rings (SSSR count). The van der Waals surface area contributed by atoms with Gasteiger partial charge in [0, 0.05) is 13.1 Å². The van der Waals surface area contributed by atoms with E-state index in [4.69, 9.17) is 4.74 Å². The maximum Gasteiger partial charge on any atom is 0.357 e. The van der Waals surface area contributed by atoms with Gasteiger partial charge in [-0.1, -0.05) is 19.1 Å². The SMILES string of the molecule is CCCN1C(=O)C2SC(=[N+]3CCCC3)N=C2N(CC(=O)NCc2cccc(OC)c2)C1=O. The summed E-state index contributed by atoms with van der Waals surface area (Å²) in [4.78, 5) is 46.1. The Bertz CT molecular complexity index is 984. The number of amidine groups is 2. The first-order valence-electron chi connectivity index (χ1n) is 10.9. The fraction of sp³-hybridized carbons (Fsp3) is 0.500. The summed E-state index contributed by atoms with van der Waals surface area (Å²) in [5.74, 6) is 0.522. The van der Waals surface area contributed by atoms with Crippen LogP contribution in [0.4, 0.5) is 4.79 Å². The van der Waals surface area contributed by atoms with E-state index in [1.807, 2.05) is 31.2 Å². The van der Waals surface area contributed by atoms with Crippen LogP contribution in [-0.2, 0) is 16.1 Å². The molecule has 1 aromatic carbocycles. The number of benzene rings is 1. The third-order valence-electron chi connectivity index (χ3n) is 5.65. The van der Waals surface area contributed by atoms with Crippen molar-refractivity contribution in [2.45, 2.75) is 38.0 Å². The molecule has 32 heavy (non-hydrogen) atoms. The molecule has 1 atom stereocenters. The van der Waals surface area contributed by atoms with E-state index in [0.29, 0.717) is 31.1 Å². The van der Waals surface area contributed by atoms with Gasteiger partial charge in [-0.2, -0.15) is 0 Å². The lowest BCUT2D eigenvalue weighted by molar-refractivity contribution is -0.503. The van der Waals surface area contributed by atoms with Crippen LogP contribution in [0.3, 0.4) is 0 Å². The number of amides is 4. The van der Waals surface area contributed by atoms with Crippen molar-refractivity contribution in [2.24, 2.45) is 4.99 Å². The summed E-state index contributed by atoms with van der Waals surface area (Å²) in [5, 5.41) is 3.04. The number of thioether (sulfide) groups is 1. The number of ether oxygens (including phenoxy) is 1. The molecule has 10 heteroatoms. The molecule has 1 N–H and O–H groups in total. The van der Waals surface area contributed by atoms with Gasteiger partial charge in [-0.25, -0.2) is 9.69 Å². The van der Waals surface area contributed by atoms with E-state index < -0.39 is 11.3 Å². The summed E-state index contributed by atoms with van der Waals surface area (Å²) in [6.45, 7) is 4.16. The summed E-state index contributed by atoms with van der Waals surface area (Å²) < 4.78 is 7.37. The van der Waals surface area contributed by atoms with Crippen LogP contribution in [-0.4, -0.2) is 81.8 Å². The highest BCUT2D eigenvalue weighted by Gasteiger charge is 2.53. The van der Waals surface area contributed by atoms with Crippen molar-refractivity contribution < 1.29 is 23.7 Å². The van der Waals surface area contributed by atoms with Crippen molar-refractivity contribution in [1.82, 2.24) is 15.1 Å². The normalized spacial score (nSPS) is 20.6. The molecule has 3 aliphatic rings. The Balaban J connectivity index is 1.52. The van der Waals surface area contributed by atoms with Crippen molar-refractivity contribution in [3.8, 4) is 5.75 Å². The van der Waals surface area contributed by atoms with E-state index in [0.717, 1.165) is 36.7 Å². The van der Waals surface area contributed by atoms with Gasteiger partial charge in [-0.05, 0) is 53.7 Å². The van der Waals surface area contributed by atoms with Gasteiger partial charge in [0.05, 0.1) is 20.2 Å². The van der Waals surface area contributed by atoms with Crippen LogP contribution in [0.2, 0.25) is 0 Å². The standard InChI is InChI=1S/C22H27N5O4S/c1-3-9-26-20(29)18-19(24-21(32-18)25-10-4-5-11-25)27(22(26)30)14-17(28)23-13-15-7-6-8-16(12-15)31-2/h6-8,12,18H,3-5,9-11,13-14H2,1-2H3/p+1. The number of aliphatic imine (C=N–C) groups is 1. The fourth-order valence-corrected chi connectivity index (χ4v) is 5.20. The van der Waals surface area contributed by atoms with Crippen molar-refractivity contribution >= 4 is 40.6 Å². The molecule has 0 bridgehead atoms. The number of urea groups is 1. The Labute approximate surface area is 191 Å². The average Bonchev–Trinajstić information content (AvgIpc) is 3.48. The van der Waals surface area contributed by atoms with Gasteiger partial charge >= 0.3 is 11.2 Å². The first kappa shape index (κ1) is 22.3. The number of fused-ring (bicyclic) bond motifs is 1. The number of hydrogen-bond donors (Lipinski definition) is 1. The molecule has 3 aliphatic heterocycles. The highest BCUT2D eigenvalue weighted by atomic mass is 32.2. The van der Waals surface area contributed by atoms with Gasteiger partial charge in [0.1, 0.15) is 12.3 Å². The molecule has 0 spiro atoms. The summed E-state index contributed by atoms with van der Waals surface area (Å²) in [6, 6.07) is 6.95. The molecule has 4 amide bonds. The van der Waals surface area contributed by atoms with Gasteiger partial charge in [0.25, 0.3) is 11.7 Å². The molecular formula is C22H28N5O4S+. The highest BCUT2D eigenvalue weighted by molar-refractivity contribution is 8.15. The number of nitrogens with zero attached hydrogens (tertiary/aromatic N) is 4. The third kappa shape index (κ3) is 4.50. The summed E-state index contributed by atoms with van der Waals surface area (Å²) in [7, 11) is 1.59. The Morgan fingerprint density at radius 1 is 1.28 bits per heavy atom. The lowest BCUT2D eigenvalue weighted by Crippen LogP contribution is -2.61. The minimum atomic E-state index is -0.582. The van der Waals surface area contributed by atoms with E-state index >= 15 is 0 Å². The molecule has 0 radical (unpaired) electrons. The molecule has 0 aliphatic carbocycles. The van der Waals surface area contributed by atoms with E-state index in [-0.39, 0.29) is 18.4 Å². The topological polar surface area (TPSA) is 94.3 Å². The first-order chi connectivity index (χ1) is 15.5. The number of rotatable bonds is 7. The second kappa shape index (κ2) is 9.72. The second-order valence-electron chi connectivity index (χ2n) is 7.93. The number of imide groups is 1. The number of methoxy groups -OCH3 is 1. The molecule has 0 aromatic heterocycles. The predicted molar refractivity (Wildman–Crippen MR) is 122 cm³/mol. The molecule has 1 unspecified atom stereocenters. The zero-order chi connectivity index (χ0) is 22.7. The maximum atomic E-state index is 13.1. The van der Waals surface area contributed by atoms with Crippen LogP contribution < -0.4 is 10.1 Å². The molecule has 1 aromatic rings. The van der Waals surface area contributed by atoms with Crippen molar-refractivity contribution in [2.75, 3.05) is 33.3 Å². The molecule has 2 fully saturated rings. The molecular weight excluding hydrogens is 430 g/mol. The van der Waals surface area contributed by atoms with Crippen LogP contribution >= 0.6 is 11.8 Å². The Kier molecular flexibility index (Phi) is 6.78. The summed E-state index contributed by atoms with van der Waals surface area (Å²) >= 11 is 1.38. The highest BCUT2D eigenvalue weighted by Crippen LogP contribution is 2.32. The van der Waals surface area contributed by atoms with Crippen LogP contribution in [0.15, 0.2) is 29.3 Å². The number of nitrogens with one attached hydrogen (secondary N) is 1. The Morgan fingerprint density at radius 2 is 2.06 bits per heavy atom. The van der Waals surface area contributed by atoms with E-state index in [9.17, 15) is 14.4 Å². The number of hydrogen-bond acceptors (Lipinski definition) is 5. The van der Waals surface area contributed by atoms with Crippen LogP contribution in [0, 0.1) is 0 Å². The predicted octanol–water partition coefficient (Wildman–Crippen LogP) is 1.66. The number of carbonyl (C=O) groups excluding carboxylic acids is 3. The lowest BCUT2D eigenvalue weighted by atomic mass is 10.2. The molecule has 170 valence electrons. The zero-order valence-electron chi connectivity index (χ0n) is 18.4. The van der Waals surface area contributed by atoms with Crippen LogP contribution in [0.1, 0.15) is 31.7 Å². The van der Waals surface area contributed by atoms with Crippen molar-refractivity contribution in [1.29, 1.82) is 0 Å². The zero-order valence-corrected chi connectivity index (χ0v) is 19.2. The van der Waals surface area contributed by atoms with Crippen LogP contribution in [0.25, 0.3) is 0 Å². The van der Waals surface area contributed by atoms with Crippen LogP contribution in [0.5, 0.6) is 5.75 Å². The van der Waals surface area contributed by atoms with E-state index in [1.165, 1.54) is 21.6 Å². The minimum absolute atomic E-state index is 0.181. The van der Waals surface area contributed by atoms with Gasteiger partial charge in [-0.15, -0.1) is 0 Å². The molecule has 9 nitrogen and oxygen atoms in total. The van der Waals surface area contributed by atoms with E-state index in [2.05, 4.69) is 14.9 Å². The largest absolute Gasteiger partial charge is 0.497 e. The summed E-state index contributed by atoms with van der Waals surface area (Å²) in [5.41, 5.74) is 0.891. The Hall–Kier alpha value is -2.88. The maximum absolute atomic E-state index is 13.1. The van der Waals surface area contributed by atoms with Gasteiger partial charge in [0.15, 0.2) is 5.25 Å². The summed E-state index contributed by atoms with van der Waals surface area (Å²) in [6.07, 6.45) is 2.83. The smallest absolute Gasteiger partial charge is 0.357 e. The molecule has 2 saturated heterocycles. The fourth-order valence-electron chi connectivity index (χ4n) is 4.00. The number of carbonyl (C=O) groups is 3. The van der Waals surface area contributed by atoms with Gasteiger partial charge < -0.3 is 10.1 Å². The van der Waals surface area contributed by atoms with Crippen molar-refractivity contribution in [3.63, 3.8) is 0 Å². The van der Waals surface area contributed by atoms with E-state index in [1.54, 1.807) is 7.11 Å². The quantitative estimate of drug-likeness (QED) is 0.627. The lowest BCUT2D eigenvalue weighted by Gasteiger charge is -2.34. The monoisotopic (exact) mass is 458 g/mol. The third-order valence-corrected chi connectivity index (χ3v) is 6.85. The minimum Gasteiger partial charge on any atom is -0.497 e. The first-order valence-corrected chi connectivity index (χ1v) is 11.8.